The molecule has 7 nitrogen and oxygen atoms in total. The SMILES string of the molecule is CCCCn1c2c(c(=O)n(C)c1=O)[C@@H](c1ccc(OC)cc1)[C@@H]1C(=O)CCC=C1N2. The molecule has 158 valence electrons. The second-order valence-corrected chi connectivity index (χ2v) is 7.93. The lowest BCUT2D eigenvalue weighted by molar-refractivity contribution is -0.122. The number of carbonyl (C=O) groups is 1. The summed E-state index contributed by atoms with van der Waals surface area (Å²) in [5, 5.41) is 3.30. The minimum atomic E-state index is -0.454. The van der Waals surface area contributed by atoms with Gasteiger partial charge in [-0.05, 0) is 30.5 Å². The van der Waals surface area contributed by atoms with Gasteiger partial charge in [0.15, 0.2) is 0 Å². The third kappa shape index (κ3) is 3.18. The first-order chi connectivity index (χ1) is 14.5. The van der Waals surface area contributed by atoms with E-state index >= 15 is 0 Å². The van der Waals surface area contributed by atoms with E-state index in [0.29, 0.717) is 36.5 Å². The molecule has 0 saturated heterocycles. The van der Waals surface area contributed by atoms with Gasteiger partial charge in [0.2, 0.25) is 0 Å². The third-order valence-corrected chi connectivity index (χ3v) is 6.13. The number of carbonyl (C=O) groups excluding carboxylic acids is 1. The fraction of sp³-hybridized carbons (Fsp3) is 0.435. The summed E-state index contributed by atoms with van der Waals surface area (Å²) in [4.78, 5) is 39.2. The van der Waals surface area contributed by atoms with Crippen molar-refractivity contribution in [2.45, 2.75) is 45.1 Å². The van der Waals surface area contributed by atoms with Gasteiger partial charge in [0.1, 0.15) is 17.4 Å². The molecular formula is C23H27N3O4. The van der Waals surface area contributed by atoms with Gasteiger partial charge in [-0.3, -0.25) is 18.7 Å². The predicted molar refractivity (Wildman–Crippen MR) is 115 cm³/mol. The molecule has 0 spiro atoms. The summed E-state index contributed by atoms with van der Waals surface area (Å²) in [6, 6.07) is 7.48. The van der Waals surface area contributed by atoms with E-state index in [0.717, 1.165) is 28.7 Å². The van der Waals surface area contributed by atoms with Gasteiger partial charge in [0.05, 0.1) is 18.6 Å². The van der Waals surface area contributed by atoms with Gasteiger partial charge in [-0.15, -0.1) is 0 Å². The second kappa shape index (κ2) is 7.97. The molecule has 0 unspecified atom stereocenters. The highest BCUT2D eigenvalue weighted by molar-refractivity contribution is 5.89. The Hall–Kier alpha value is -3.09. The zero-order valence-electron chi connectivity index (χ0n) is 17.6. The average molecular weight is 409 g/mol. The van der Waals surface area contributed by atoms with Crippen LogP contribution in [0.4, 0.5) is 5.82 Å². The van der Waals surface area contributed by atoms with Crippen LogP contribution in [-0.4, -0.2) is 22.0 Å². The zero-order valence-corrected chi connectivity index (χ0v) is 17.6. The van der Waals surface area contributed by atoms with Crippen molar-refractivity contribution in [2.24, 2.45) is 13.0 Å². The van der Waals surface area contributed by atoms with E-state index in [1.165, 1.54) is 7.05 Å². The van der Waals surface area contributed by atoms with E-state index in [9.17, 15) is 14.4 Å². The zero-order chi connectivity index (χ0) is 21.4. The molecule has 1 aliphatic heterocycles. The number of anilines is 1. The Kier molecular flexibility index (Phi) is 5.37. The lowest BCUT2D eigenvalue weighted by Crippen LogP contribution is -2.47. The van der Waals surface area contributed by atoms with Crippen LogP contribution in [0.2, 0.25) is 0 Å². The standard InChI is InChI=1S/C23H27N3O4/c1-4-5-13-26-21-20(22(28)25(2)23(26)29)18(14-9-11-15(30-3)12-10-14)19-16(24-21)7-6-8-17(19)27/h7,9-12,18-19,24H,4-6,8,13H2,1-3H3/t18-,19-/m0/s1. The van der Waals surface area contributed by atoms with Gasteiger partial charge in [-0.25, -0.2) is 4.79 Å². The van der Waals surface area contributed by atoms with Crippen molar-refractivity contribution in [1.29, 1.82) is 0 Å². The fourth-order valence-electron chi connectivity index (χ4n) is 4.52. The molecule has 0 saturated carbocycles. The molecule has 2 heterocycles. The molecule has 2 aromatic rings. The molecule has 7 heteroatoms. The largest absolute Gasteiger partial charge is 0.497 e. The van der Waals surface area contributed by atoms with Crippen molar-refractivity contribution in [3.63, 3.8) is 0 Å². The lowest BCUT2D eigenvalue weighted by atomic mass is 9.72. The molecule has 2 atom stereocenters. The van der Waals surface area contributed by atoms with Crippen molar-refractivity contribution in [2.75, 3.05) is 12.4 Å². The molecule has 0 bridgehead atoms. The van der Waals surface area contributed by atoms with Gasteiger partial charge in [0, 0.05) is 31.6 Å². The smallest absolute Gasteiger partial charge is 0.332 e. The van der Waals surface area contributed by atoms with Gasteiger partial charge >= 0.3 is 5.69 Å². The maximum Gasteiger partial charge on any atom is 0.332 e. The summed E-state index contributed by atoms with van der Waals surface area (Å²) in [5.41, 5.74) is 1.44. The number of rotatable bonds is 5. The van der Waals surface area contributed by atoms with E-state index in [4.69, 9.17) is 4.74 Å². The monoisotopic (exact) mass is 409 g/mol. The molecule has 1 aliphatic carbocycles. The Bertz CT molecular complexity index is 1120. The highest BCUT2D eigenvalue weighted by Gasteiger charge is 2.43. The number of nitrogens with zero attached hydrogens (tertiary/aromatic N) is 2. The summed E-state index contributed by atoms with van der Waals surface area (Å²) in [6.45, 7) is 2.57. The van der Waals surface area contributed by atoms with E-state index in [-0.39, 0.29) is 17.0 Å². The summed E-state index contributed by atoms with van der Waals surface area (Å²) in [6.07, 6.45) is 4.88. The summed E-state index contributed by atoms with van der Waals surface area (Å²) in [5.74, 6) is 0.441. The molecule has 0 radical (unpaired) electrons. The number of hydrogen-bond acceptors (Lipinski definition) is 5. The normalized spacial score (nSPS) is 20.1. The highest BCUT2D eigenvalue weighted by atomic mass is 16.5. The van der Waals surface area contributed by atoms with Crippen LogP contribution in [0.5, 0.6) is 5.75 Å². The molecule has 1 aromatic carbocycles. The lowest BCUT2D eigenvalue weighted by Gasteiger charge is -2.38. The number of nitrogens with one attached hydrogen (secondary N) is 1. The van der Waals surface area contributed by atoms with Gasteiger partial charge in [0.25, 0.3) is 5.56 Å². The van der Waals surface area contributed by atoms with Crippen LogP contribution in [0.3, 0.4) is 0 Å². The van der Waals surface area contributed by atoms with Crippen molar-refractivity contribution in [1.82, 2.24) is 9.13 Å². The quantitative estimate of drug-likeness (QED) is 0.821. The van der Waals surface area contributed by atoms with Crippen LogP contribution in [0.1, 0.15) is 49.7 Å². The van der Waals surface area contributed by atoms with Crippen LogP contribution < -0.4 is 21.3 Å². The number of methoxy groups -OCH3 is 1. The molecule has 1 aromatic heterocycles. The summed E-state index contributed by atoms with van der Waals surface area (Å²) in [7, 11) is 3.11. The highest BCUT2D eigenvalue weighted by Crippen LogP contribution is 2.45. The maximum absolute atomic E-state index is 13.3. The molecular weight excluding hydrogens is 382 g/mol. The molecule has 1 N–H and O–H groups in total. The Labute approximate surface area is 175 Å². The number of fused-ring (bicyclic) bond motifs is 2. The third-order valence-electron chi connectivity index (χ3n) is 6.13. The van der Waals surface area contributed by atoms with Crippen molar-refractivity contribution in [3.8, 4) is 5.75 Å². The van der Waals surface area contributed by atoms with Crippen LogP contribution in [-0.2, 0) is 18.4 Å². The Morgan fingerprint density at radius 1 is 1.13 bits per heavy atom. The van der Waals surface area contributed by atoms with Crippen LogP contribution in [0, 0.1) is 5.92 Å². The number of benzene rings is 1. The topological polar surface area (TPSA) is 82.3 Å². The summed E-state index contributed by atoms with van der Waals surface area (Å²) < 4.78 is 8.08. The average Bonchev–Trinajstić information content (AvgIpc) is 2.76. The number of aromatic nitrogens is 2. The van der Waals surface area contributed by atoms with Gasteiger partial charge in [-0.1, -0.05) is 31.6 Å². The number of hydrogen-bond donors (Lipinski definition) is 1. The Morgan fingerprint density at radius 3 is 2.53 bits per heavy atom. The fourth-order valence-corrected chi connectivity index (χ4v) is 4.52. The molecule has 30 heavy (non-hydrogen) atoms. The first-order valence-corrected chi connectivity index (χ1v) is 10.4. The van der Waals surface area contributed by atoms with Crippen molar-refractivity contribution < 1.29 is 9.53 Å². The van der Waals surface area contributed by atoms with E-state index in [2.05, 4.69) is 12.2 Å². The van der Waals surface area contributed by atoms with Crippen LogP contribution in [0.25, 0.3) is 0 Å². The van der Waals surface area contributed by atoms with E-state index in [1.54, 1.807) is 11.7 Å². The Balaban J connectivity index is 2.00. The number of unbranched alkanes of at least 4 members (excludes halogenated alkanes) is 1. The van der Waals surface area contributed by atoms with E-state index in [1.807, 2.05) is 30.3 Å². The second-order valence-electron chi connectivity index (χ2n) is 7.93. The van der Waals surface area contributed by atoms with Crippen LogP contribution in [0.15, 0.2) is 45.6 Å². The van der Waals surface area contributed by atoms with Crippen LogP contribution >= 0.6 is 0 Å². The number of Topliss-reactive ketones (excluding diaryl/α,β-unsaturated/α-hetero) is 1. The Morgan fingerprint density at radius 2 is 1.87 bits per heavy atom. The maximum atomic E-state index is 13.3. The van der Waals surface area contributed by atoms with Crippen molar-refractivity contribution in [3.05, 3.63) is 68.0 Å². The molecule has 0 fully saturated rings. The summed E-state index contributed by atoms with van der Waals surface area (Å²) >= 11 is 0. The minimum Gasteiger partial charge on any atom is -0.497 e. The minimum absolute atomic E-state index is 0.111. The number of allylic oxidation sites excluding steroid dienone is 2. The molecule has 0 amide bonds. The van der Waals surface area contributed by atoms with Gasteiger partial charge in [-0.2, -0.15) is 0 Å². The number of ether oxygens (including phenoxy) is 1. The van der Waals surface area contributed by atoms with Crippen molar-refractivity contribution >= 4 is 11.6 Å². The first kappa shape index (κ1) is 20.2. The van der Waals surface area contributed by atoms with E-state index < -0.39 is 11.8 Å². The predicted octanol–water partition coefficient (Wildman–Crippen LogP) is 2.78. The van der Waals surface area contributed by atoms with Gasteiger partial charge < -0.3 is 10.1 Å². The number of ketones is 1. The first-order valence-electron chi connectivity index (χ1n) is 10.4. The molecule has 4 rings (SSSR count). The molecule has 2 aliphatic rings.